The van der Waals surface area contributed by atoms with Crippen molar-refractivity contribution in [3.05, 3.63) is 60.7 Å². The van der Waals surface area contributed by atoms with Gasteiger partial charge in [0.1, 0.15) is 0 Å². The van der Waals surface area contributed by atoms with Crippen LogP contribution >= 0.6 is 37.0 Å². The van der Waals surface area contributed by atoms with Crippen molar-refractivity contribution >= 4 is 47.6 Å². The van der Waals surface area contributed by atoms with E-state index in [9.17, 15) is 0 Å². The van der Waals surface area contributed by atoms with E-state index in [0.29, 0.717) is 0 Å². The van der Waals surface area contributed by atoms with Gasteiger partial charge in [-0.3, -0.25) is 0 Å². The van der Waals surface area contributed by atoms with Crippen molar-refractivity contribution in [2.24, 2.45) is 0 Å². The molecule has 0 nitrogen and oxygen atoms in total. The van der Waals surface area contributed by atoms with Crippen LogP contribution in [0.15, 0.2) is 60.7 Å². The second-order valence-electron chi connectivity index (χ2n) is 3.57. The molecule has 0 saturated heterocycles. The normalized spacial score (nSPS) is 10.7. The first-order valence-electron chi connectivity index (χ1n) is 5.69. The fourth-order valence-electron chi connectivity index (χ4n) is 1.73. The predicted octanol–water partition coefficient (Wildman–Crippen LogP) is 5.21. The zero-order valence-corrected chi connectivity index (χ0v) is 15.3. The number of hydrogen-bond acceptors (Lipinski definition) is 0. The van der Waals surface area contributed by atoms with Gasteiger partial charge in [-0.15, -0.1) is 0 Å². The van der Waals surface area contributed by atoms with Crippen LogP contribution in [0, 0.1) is 0 Å². The van der Waals surface area contributed by atoms with Crippen molar-refractivity contribution < 1.29 is 13.0 Å². The summed E-state index contributed by atoms with van der Waals surface area (Å²) in [4.78, 5) is 0. The molecular formula is C14H15Cl3PRu. The SMILES string of the molecule is CCP(c1ccccc1)c1ccccc1.[Cl][Ru]([Cl])[Cl]. The third-order valence-corrected chi connectivity index (χ3v) is 4.93. The number of benzene rings is 2. The average molecular weight is 422 g/mol. The molecule has 19 heavy (non-hydrogen) atoms. The quantitative estimate of drug-likeness (QED) is 0.472. The zero-order valence-electron chi connectivity index (χ0n) is 10.4. The Morgan fingerprint density at radius 1 is 0.789 bits per heavy atom. The summed E-state index contributed by atoms with van der Waals surface area (Å²) in [6.07, 6.45) is 1.21. The summed E-state index contributed by atoms with van der Waals surface area (Å²) in [7, 11) is 14.7. The van der Waals surface area contributed by atoms with Gasteiger partial charge < -0.3 is 0 Å². The van der Waals surface area contributed by atoms with Crippen LogP contribution in [0.3, 0.4) is 0 Å². The first-order valence-corrected chi connectivity index (χ1v) is 13.9. The van der Waals surface area contributed by atoms with Crippen LogP contribution in [-0.2, 0) is 13.0 Å². The first kappa shape index (κ1) is 17.4. The van der Waals surface area contributed by atoms with Gasteiger partial charge in [-0.2, -0.15) is 0 Å². The molecule has 2 rings (SSSR count). The second kappa shape index (κ2) is 10.1. The molecule has 0 aliphatic rings. The molecule has 0 amide bonds. The summed E-state index contributed by atoms with van der Waals surface area (Å²) in [6, 6.07) is 21.6. The summed E-state index contributed by atoms with van der Waals surface area (Å²) >= 11 is -1.75. The number of halogens is 3. The molecule has 0 heterocycles. The average Bonchev–Trinajstić information content (AvgIpc) is 2.41. The Hall–Kier alpha value is 0.363. The fraction of sp³-hybridized carbons (Fsp3) is 0.143. The van der Waals surface area contributed by atoms with Crippen LogP contribution in [0.1, 0.15) is 6.92 Å². The maximum absolute atomic E-state index is 4.95. The third kappa shape index (κ3) is 7.07. The fourth-order valence-corrected chi connectivity index (χ4v) is 3.82. The van der Waals surface area contributed by atoms with Crippen molar-refractivity contribution in [1.29, 1.82) is 0 Å². The summed E-state index contributed by atoms with van der Waals surface area (Å²) in [5, 5.41) is 2.95. The summed E-state index contributed by atoms with van der Waals surface area (Å²) < 4.78 is 0. The van der Waals surface area contributed by atoms with E-state index in [4.69, 9.17) is 29.1 Å². The second-order valence-corrected chi connectivity index (χ2v) is 14.0. The van der Waals surface area contributed by atoms with E-state index in [1.807, 2.05) is 0 Å². The molecule has 0 bridgehead atoms. The minimum absolute atomic E-state index is 0.149. The van der Waals surface area contributed by atoms with Crippen LogP contribution in [0.2, 0.25) is 0 Å². The summed E-state index contributed by atoms with van der Waals surface area (Å²) in [5.41, 5.74) is 0. The molecule has 5 heteroatoms. The van der Waals surface area contributed by atoms with E-state index in [1.165, 1.54) is 16.8 Å². The molecule has 2 aromatic rings. The van der Waals surface area contributed by atoms with Gasteiger partial charge in [-0.1, -0.05) is 67.6 Å². The Morgan fingerprint density at radius 3 is 1.37 bits per heavy atom. The van der Waals surface area contributed by atoms with Gasteiger partial charge in [0.05, 0.1) is 0 Å². The van der Waals surface area contributed by atoms with Crippen LogP contribution < -0.4 is 10.6 Å². The molecule has 0 atom stereocenters. The van der Waals surface area contributed by atoms with Crippen molar-refractivity contribution in [2.45, 2.75) is 6.92 Å². The molecule has 0 spiro atoms. The zero-order chi connectivity index (χ0) is 14.1. The summed E-state index contributed by atoms with van der Waals surface area (Å²) in [5.74, 6) is 0. The van der Waals surface area contributed by atoms with Crippen molar-refractivity contribution in [2.75, 3.05) is 6.16 Å². The Morgan fingerprint density at radius 2 is 1.11 bits per heavy atom. The molecule has 0 aliphatic carbocycles. The van der Waals surface area contributed by atoms with E-state index in [2.05, 4.69) is 67.6 Å². The molecule has 105 valence electrons. The molecule has 0 radical (unpaired) electrons. The Kier molecular flexibility index (Phi) is 9.30. The Bertz CT molecular complexity index is 409. The Labute approximate surface area is 133 Å². The van der Waals surface area contributed by atoms with Crippen molar-refractivity contribution in [3.8, 4) is 0 Å². The van der Waals surface area contributed by atoms with E-state index >= 15 is 0 Å². The van der Waals surface area contributed by atoms with E-state index < -0.39 is 13.0 Å². The predicted molar refractivity (Wildman–Crippen MR) is 87.2 cm³/mol. The Balaban J connectivity index is 0.000000399. The topological polar surface area (TPSA) is 0 Å². The number of rotatable bonds is 3. The van der Waals surface area contributed by atoms with E-state index in [1.54, 1.807) is 0 Å². The first-order chi connectivity index (χ1) is 9.15. The number of hydrogen-bond donors (Lipinski definition) is 0. The molecule has 0 aromatic heterocycles. The van der Waals surface area contributed by atoms with Gasteiger partial charge in [0, 0.05) is 0 Å². The minimum atomic E-state index is -1.75. The van der Waals surface area contributed by atoms with Gasteiger partial charge in [-0.25, -0.2) is 0 Å². The standard InChI is InChI=1S/C14H15P.3ClH.Ru/c1-2-15(13-9-5-3-6-10-13)14-11-7-4-8-12-14;;;;/h3-12H,2H2,1H3;3*1H;/q;;;;+3/p-3. The van der Waals surface area contributed by atoms with Crippen LogP contribution in [0.25, 0.3) is 0 Å². The van der Waals surface area contributed by atoms with Crippen molar-refractivity contribution in [3.63, 3.8) is 0 Å². The molecule has 0 unspecified atom stereocenters. The van der Waals surface area contributed by atoms with Crippen LogP contribution in [0.4, 0.5) is 0 Å². The van der Waals surface area contributed by atoms with Gasteiger partial charge in [0.15, 0.2) is 0 Å². The summed E-state index contributed by atoms with van der Waals surface area (Å²) in [6.45, 7) is 2.27. The van der Waals surface area contributed by atoms with Gasteiger partial charge in [-0.05, 0) is 24.7 Å². The molecular weight excluding hydrogens is 407 g/mol. The maximum atomic E-state index is 4.95. The van der Waals surface area contributed by atoms with Crippen LogP contribution in [-0.4, -0.2) is 6.16 Å². The van der Waals surface area contributed by atoms with Gasteiger partial charge >= 0.3 is 42.1 Å². The van der Waals surface area contributed by atoms with Crippen LogP contribution in [0.5, 0.6) is 0 Å². The molecule has 2 aromatic carbocycles. The van der Waals surface area contributed by atoms with Crippen molar-refractivity contribution in [1.82, 2.24) is 0 Å². The van der Waals surface area contributed by atoms with E-state index in [-0.39, 0.29) is 7.92 Å². The third-order valence-electron chi connectivity index (χ3n) is 2.45. The monoisotopic (exact) mass is 421 g/mol. The molecule has 0 N–H and O–H groups in total. The molecule has 0 aliphatic heterocycles. The van der Waals surface area contributed by atoms with Gasteiger partial charge in [0.2, 0.25) is 0 Å². The van der Waals surface area contributed by atoms with E-state index in [0.717, 1.165) is 0 Å². The molecule has 0 saturated carbocycles. The molecule has 0 fully saturated rings. The van der Waals surface area contributed by atoms with Gasteiger partial charge in [0.25, 0.3) is 0 Å².